The molecule has 0 amide bonds. The van der Waals surface area contributed by atoms with Gasteiger partial charge in [-0.25, -0.2) is 8.78 Å². The molecule has 1 aromatic rings. The minimum Gasteiger partial charge on any atom is -0.481 e. The maximum Gasteiger partial charge on any atom is 0.306 e. The quantitative estimate of drug-likeness (QED) is 0.770. The highest BCUT2D eigenvalue weighted by Gasteiger charge is 2.11. The Morgan fingerprint density at radius 1 is 1.25 bits per heavy atom. The molecule has 0 aliphatic rings. The Hall–Kier alpha value is -1.49. The van der Waals surface area contributed by atoms with Crippen LogP contribution in [0.3, 0.4) is 0 Å². The molecule has 2 unspecified atom stereocenters. The van der Waals surface area contributed by atoms with Crippen molar-refractivity contribution in [3.05, 3.63) is 35.4 Å². The van der Waals surface area contributed by atoms with Crippen LogP contribution in [0.1, 0.15) is 38.7 Å². The Balaban J connectivity index is 2.27. The van der Waals surface area contributed by atoms with Crippen LogP contribution in [0.5, 0.6) is 0 Å². The first-order valence-corrected chi connectivity index (χ1v) is 6.80. The third kappa shape index (κ3) is 5.65. The highest BCUT2D eigenvalue weighted by Crippen LogP contribution is 2.11. The highest BCUT2D eigenvalue weighted by atomic mass is 19.2. The molecule has 20 heavy (non-hydrogen) atoms. The third-order valence-electron chi connectivity index (χ3n) is 3.33. The maximum atomic E-state index is 13.0. The van der Waals surface area contributed by atoms with Crippen molar-refractivity contribution in [1.29, 1.82) is 0 Å². The molecule has 0 heterocycles. The Labute approximate surface area is 118 Å². The predicted octanol–water partition coefficient (Wildman–Crippen LogP) is 3.33. The summed E-state index contributed by atoms with van der Waals surface area (Å²) in [5.74, 6) is -2.78. The summed E-state index contributed by atoms with van der Waals surface area (Å²) in [5, 5.41) is 12.0. The molecule has 0 bridgehead atoms. The van der Waals surface area contributed by atoms with Crippen LogP contribution in [-0.2, 0) is 11.3 Å². The first kappa shape index (κ1) is 16.6. The molecule has 1 rings (SSSR count). The fourth-order valence-electron chi connectivity index (χ4n) is 1.90. The molecule has 0 radical (unpaired) electrons. The Bertz CT molecular complexity index is 451. The summed E-state index contributed by atoms with van der Waals surface area (Å²) in [7, 11) is 0. The van der Waals surface area contributed by atoms with Gasteiger partial charge in [-0.3, -0.25) is 4.79 Å². The average Bonchev–Trinajstić information content (AvgIpc) is 2.40. The number of carboxylic acids is 1. The van der Waals surface area contributed by atoms with Gasteiger partial charge in [0, 0.05) is 12.6 Å². The number of hydrogen-bond acceptors (Lipinski definition) is 2. The second-order valence-corrected chi connectivity index (χ2v) is 5.20. The van der Waals surface area contributed by atoms with Crippen molar-refractivity contribution in [2.75, 3.05) is 0 Å². The van der Waals surface area contributed by atoms with Gasteiger partial charge >= 0.3 is 5.97 Å². The normalized spacial score (nSPS) is 14.0. The zero-order valence-electron chi connectivity index (χ0n) is 11.8. The molecular weight excluding hydrogens is 264 g/mol. The van der Waals surface area contributed by atoms with Crippen molar-refractivity contribution < 1.29 is 18.7 Å². The van der Waals surface area contributed by atoms with Gasteiger partial charge in [-0.1, -0.05) is 19.4 Å². The lowest BCUT2D eigenvalue weighted by molar-refractivity contribution is -0.141. The van der Waals surface area contributed by atoms with Crippen LogP contribution in [0.25, 0.3) is 0 Å². The fourth-order valence-corrected chi connectivity index (χ4v) is 1.90. The van der Waals surface area contributed by atoms with Gasteiger partial charge in [0.1, 0.15) is 0 Å². The van der Waals surface area contributed by atoms with Crippen molar-refractivity contribution >= 4 is 5.97 Å². The fraction of sp³-hybridized carbons (Fsp3) is 0.533. The molecule has 0 spiro atoms. The van der Waals surface area contributed by atoms with Crippen LogP contribution >= 0.6 is 0 Å². The molecule has 2 atom stereocenters. The molecule has 0 saturated carbocycles. The second-order valence-electron chi connectivity index (χ2n) is 5.20. The van der Waals surface area contributed by atoms with Gasteiger partial charge in [-0.05, 0) is 37.5 Å². The molecule has 0 aliphatic carbocycles. The molecule has 0 aliphatic heterocycles. The number of benzene rings is 1. The minimum atomic E-state index is -0.843. The van der Waals surface area contributed by atoms with Crippen molar-refractivity contribution in [3.8, 4) is 0 Å². The van der Waals surface area contributed by atoms with Crippen molar-refractivity contribution in [2.45, 2.75) is 45.7 Å². The van der Waals surface area contributed by atoms with E-state index in [1.165, 1.54) is 6.07 Å². The van der Waals surface area contributed by atoms with E-state index in [0.29, 0.717) is 18.5 Å². The largest absolute Gasteiger partial charge is 0.481 e. The van der Waals surface area contributed by atoms with Crippen LogP contribution < -0.4 is 5.32 Å². The van der Waals surface area contributed by atoms with Crippen LogP contribution in [0.2, 0.25) is 0 Å². The zero-order chi connectivity index (χ0) is 15.1. The smallest absolute Gasteiger partial charge is 0.306 e. The van der Waals surface area contributed by atoms with Gasteiger partial charge in [0.05, 0.1) is 5.92 Å². The number of rotatable bonds is 8. The molecule has 3 nitrogen and oxygen atoms in total. The van der Waals surface area contributed by atoms with Gasteiger partial charge in [0.2, 0.25) is 0 Å². The molecular formula is C15H21F2NO2. The first-order valence-electron chi connectivity index (χ1n) is 6.80. The third-order valence-corrected chi connectivity index (χ3v) is 3.33. The van der Waals surface area contributed by atoms with E-state index in [-0.39, 0.29) is 12.0 Å². The maximum absolute atomic E-state index is 13.0. The topological polar surface area (TPSA) is 49.3 Å². The number of halogens is 2. The lowest BCUT2D eigenvalue weighted by Crippen LogP contribution is -2.25. The summed E-state index contributed by atoms with van der Waals surface area (Å²) >= 11 is 0. The Morgan fingerprint density at radius 3 is 2.55 bits per heavy atom. The van der Waals surface area contributed by atoms with E-state index in [1.807, 2.05) is 6.92 Å². The van der Waals surface area contributed by atoms with E-state index in [4.69, 9.17) is 5.11 Å². The van der Waals surface area contributed by atoms with Crippen molar-refractivity contribution in [2.24, 2.45) is 5.92 Å². The average molecular weight is 285 g/mol. The van der Waals surface area contributed by atoms with E-state index < -0.39 is 17.6 Å². The number of carbonyl (C=O) groups is 1. The SMILES string of the molecule is CC(CCCC(C)C(=O)O)NCc1ccc(F)c(F)c1. The Morgan fingerprint density at radius 2 is 1.95 bits per heavy atom. The molecule has 5 heteroatoms. The monoisotopic (exact) mass is 285 g/mol. The van der Waals surface area contributed by atoms with Crippen LogP contribution in [0.4, 0.5) is 8.78 Å². The van der Waals surface area contributed by atoms with Gasteiger partial charge in [0.15, 0.2) is 11.6 Å². The van der Waals surface area contributed by atoms with Crippen molar-refractivity contribution in [3.63, 3.8) is 0 Å². The number of hydrogen-bond donors (Lipinski definition) is 2. The van der Waals surface area contributed by atoms with E-state index in [0.717, 1.165) is 18.9 Å². The summed E-state index contributed by atoms with van der Waals surface area (Å²) in [5.41, 5.74) is 0.689. The van der Waals surface area contributed by atoms with Crippen LogP contribution in [0.15, 0.2) is 18.2 Å². The number of aliphatic carboxylic acids is 1. The molecule has 1 aromatic carbocycles. The molecule has 0 saturated heterocycles. The molecule has 112 valence electrons. The Kier molecular flexibility index (Phi) is 6.58. The summed E-state index contributed by atoms with van der Waals surface area (Å²) in [4.78, 5) is 10.7. The molecule has 0 fully saturated rings. The lowest BCUT2D eigenvalue weighted by Gasteiger charge is -2.14. The minimum absolute atomic E-state index is 0.198. The van der Waals surface area contributed by atoms with Crippen LogP contribution in [0, 0.1) is 17.6 Å². The zero-order valence-corrected chi connectivity index (χ0v) is 11.8. The summed E-state index contributed by atoms with van der Waals surface area (Å²) in [6.07, 6.45) is 2.31. The predicted molar refractivity (Wildman–Crippen MR) is 73.3 cm³/mol. The van der Waals surface area contributed by atoms with E-state index in [1.54, 1.807) is 13.0 Å². The second kappa shape index (κ2) is 7.94. The summed E-state index contributed by atoms with van der Waals surface area (Å²) in [6, 6.07) is 4.04. The molecule has 2 N–H and O–H groups in total. The van der Waals surface area contributed by atoms with Crippen molar-refractivity contribution in [1.82, 2.24) is 5.32 Å². The standard InChI is InChI=1S/C15H21F2NO2/c1-10(15(19)20)4-3-5-11(2)18-9-12-6-7-13(16)14(17)8-12/h6-8,10-11,18H,3-5,9H2,1-2H3,(H,19,20). The highest BCUT2D eigenvalue weighted by molar-refractivity contribution is 5.69. The van der Waals surface area contributed by atoms with E-state index >= 15 is 0 Å². The van der Waals surface area contributed by atoms with Gasteiger partial charge < -0.3 is 10.4 Å². The summed E-state index contributed by atoms with van der Waals surface area (Å²) in [6.45, 7) is 4.15. The number of carboxylic acid groups (broad SMARTS) is 1. The first-order chi connectivity index (χ1) is 9.40. The number of nitrogens with one attached hydrogen (secondary N) is 1. The lowest BCUT2D eigenvalue weighted by atomic mass is 10.0. The summed E-state index contributed by atoms with van der Waals surface area (Å²) < 4.78 is 25.8. The van der Waals surface area contributed by atoms with Gasteiger partial charge in [0.25, 0.3) is 0 Å². The van der Waals surface area contributed by atoms with Crippen LogP contribution in [-0.4, -0.2) is 17.1 Å². The van der Waals surface area contributed by atoms with Gasteiger partial charge in [-0.15, -0.1) is 0 Å². The van der Waals surface area contributed by atoms with E-state index in [9.17, 15) is 13.6 Å². The van der Waals surface area contributed by atoms with E-state index in [2.05, 4.69) is 5.32 Å². The van der Waals surface area contributed by atoms with Gasteiger partial charge in [-0.2, -0.15) is 0 Å². The molecule has 0 aromatic heterocycles.